The molecular weight excluding hydrogens is 466 g/mol. The second-order valence-electron chi connectivity index (χ2n) is 7.57. The van der Waals surface area contributed by atoms with Gasteiger partial charge in [0.25, 0.3) is 5.95 Å². The highest BCUT2D eigenvalue weighted by Gasteiger charge is 2.37. The van der Waals surface area contributed by atoms with Gasteiger partial charge >= 0.3 is 12.4 Å². The van der Waals surface area contributed by atoms with Gasteiger partial charge in [0, 0.05) is 31.2 Å². The molecule has 0 spiro atoms. The largest absolute Gasteiger partial charge is 0.416 e. The van der Waals surface area contributed by atoms with E-state index < -0.39 is 23.5 Å². The van der Waals surface area contributed by atoms with Crippen LogP contribution in [0.3, 0.4) is 0 Å². The fourth-order valence-electron chi connectivity index (χ4n) is 3.48. The predicted molar refractivity (Wildman–Crippen MR) is 108 cm³/mol. The number of pyridine rings is 1. The molecule has 0 aliphatic rings. The molecule has 0 unspecified atom stereocenters. The molecule has 0 saturated carbocycles. The number of anilines is 1. The Morgan fingerprint density at radius 1 is 0.882 bits per heavy atom. The highest BCUT2D eigenvalue weighted by atomic mass is 19.4. The van der Waals surface area contributed by atoms with Crippen molar-refractivity contribution in [2.45, 2.75) is 38.9 Å². The average Bonchev–Trinajstić information content (AvgIpc) is 3.37. The van der Waals surface area contributed by atoms with Crippen molar-refractivity contribution in [2.24, 2.45) is 7.05 Å². The Morgan fingerprint density at radius 3 is 2.09 bits per heavy atom. The van der Waals surface area contributed by atoms with Crippen molar-refractivity contribution in [3.05, 3.63) is 58.9 Å². The lowest BCUT2D eigenvalue weighted by atomic mass is 10.0. The number of nitrogens with zero attached hydrogens (tertiary/aromatic N) is 8. The molecule has 0 amide bonds. The smallest absolute Gasteiger partial charge is 0.329 e. The SMILES string of the molecule is CCn1ncc2cc(CN(Cc3cc(C(F)(F)F)cc(C(F)(F)F)c3)c3nnn(C)n3)cnc21. The minimum atomic E-state index is -4.94. The molecule has 180 valence electrons. The molecule has 0 radical (unpaired) electrons. The molecular formula is C20H18F6N8. The standard InChI is InChI=1S/C20H18F6N8/c1-3-34-17-14(9-28-34)4-13(8-27-17)11-33(18-29-31-32(2)30-18)10-12-5-15(19(21,22)23)7-16(6-12)20(24,25)26/h4-9H,3,10-11H2,1-2H3. The van der Waals surface area contributed by atoms with Gasteiger partial charge in [-0.25, -0.2) is 9.67 Å². The second kappa shape index (κ2) is 8.57. The van der Waals surface area contributed by atoms with E-state index in [1.54, 1.807) is 23.1 Å². The van der Waals surface area contributed by atoms with E-state index in [1.165, 1.54) is 11.9 Å². The number of hydrogen-bond donors (Lipinski definition) is 0. The lowest BCUT2D eigenvalue weighted by molar-refractivity contribution is -0.143. The van der Waals surface area contributed by atoms with Crippen molar-refractivity contribution in [1.29, 1.82) is 0 Å². The lowest BCUT2D eigenvalue weighted by Gasteiger charge is -2.22. The van der Waals surface area contributed by atoms with Crippen LogP contribution >= 0.6 is 0 Å². The molecule has 4 rings (SSSR count). The minimum Gasteiger partial charge on any atom is -0.329 e. The lowest BCUT2D eigenvalue weighted by Crippen LogP contribution is -2.24. The normalized spacial score (nSPS) is 12.5. The van der Waals surface area contributed by atoms with E-state index in [1.807, 2.05) is 6.92 Å². The van der Waals surface area contributed by atoms with Gasteiger partial charge in [0.05, 0.1) is 24.4 Å². The van der Waals surface area contributed by atoms with Crippen LogP contribution in [-0.4, -0.2) is 35.0 Å². The fourth-order valence-corrected chi connectivity index (χ4v) is 3.48. The average molecular weight is 484 g/mol. The third-order valence-electron chi connectivity index (χ3n) is 5.01. The van der Waals surface area contributed by atoms with Gasteiger partial charge in [-0.1, -0.05) is 5.10 Å². The second-order valence-corrected chi connectivity index (χ2v) is 7.57. The Hall–Kier alpha value is -3.71. The quantitative estimate of drug-likeness (QED) is 0.382. The van der Waals surface area contributed by atoms with Gasteiger partial charge in [-0.05, 0) is 47.5 Å². The van der Waals surface area contributed by atoms with Crippen LogP contribution in [0.5, 0.6) is 0 Å². The first-order chi connectivity index (χ1) is 15.9. The molecule has 0 aliphatic carbocycles. The Balaban J connectivity index is 1.71. The Kier molecular flexibility index (Phi) is 5.91. The van der Waals surface area contributed by atoms with Crippen LogP contribution in [0.1, 0.15) is 29.2 Å². The maximum Gasteiger partial charge on any atom is 0.416 e. The summed E-state index contributed by atoms with van der Waals surface area (Å²) >= 11 is 0. The fraction of sp³-hybridized carbons (Fsp3) is 0.350. The highest BCUT2D eigenvalue weighted by Crippen LogP contribution is 2.36. The number of aromatic nitrogens is 7. The van der Waals surface area contributed by atoms with E-state index in [4.69, 9.17) is 0 Å². The Labute approximate surface area is 188 Å². The summed E-state index contributed by atoms with van der Waals surface area (Å²) < 4.78 is 81.4. The molecule has 0 N–H and O–H groups in total. The number of aryl methyl sites for hydroxylation is 2. The summed E-state index contributed by atoms with van der Waals surface area (Å²) in [4.78, 5) is 6.95. The maximum absolute atomic E-state index is 13.3. The van der Waals surface area contributed by atoms with E-state index >= 15 is 0 Å². The molecule has 0 saturated heterocycles. The van der Waals surface area contributed by atoms with Gasteiger partial charge in [-0.2, -0.15) is 36.2 Å². The van der Waals surface area contributed by atoms with Crippen LogP contribution in [0.2, 0.25) is 0 Å². The molecule has 4 aromatic rings. The maximum atomic E-state index is 13.3. The first-order valence-electron chi connectivity index (χ1n) is 10.0. The zero-order valence-electron chi connectivity index (χ0n) is 17.9. The van der Waals surface area contributed by atoms with Crippen LogP contribution in [-0.2, 0) is 39.0 Å². The van der Waals surface area contributed by atoms with E-state index in [-0.39, 0.29) is 30.7 Å². The van der Waals surface area contributed by atoms with Gasteiger partial charge in [-0.15, -0.1) is 5.10 Å². The topological polar surface area (TPSA) is 77.5 Å². The number of halogens is 6. The van der Waals surface area contributed by atoms with Crippen LogP contribution in [0.4, 0.5) is 32.3 Å². The van der Waals surface area contributed by atoms with Crippen LogP contribution in [0.15, 0.2) is 36.7 Å². The van der Waals surface area contributed by atoms with Gasteiger partial charge in [0.15, 0.2) is 5.65 Å². The zero-order chi connectivity index (χ0) is 24.7. The number of hydrogen-bond acceptors (Lipinski definition) is 6. The number of benzene rings is 1. The number of alkyl halides is 6. The molecule has 3 aromatic heterocycles. The molecule has 0 fully saturated rings. The molecule has 0 bridgehead atoms. The summed E-state index contributed by atoms with van der Waals surface area (Å²) in [6.07, 6.45) is -6.70. The molecule has 1 aromatic carbocycles. The van der Waals surface area contributed by atoms with Gasteiger partial charge in [0.2, 0.25) is 0 Å². The van der Waals surface area contributed by atoms with Crippen molar-refractivity contribution in [3.63, 3.8) is 0 Å². The zero-order valence-corrected chi connectivity index (χ0v) is 17.9. The summed E-state index contributed by atoms with van der Waals surface area (Å²) in [5.41, 5.74) is -1.69. The minimum absolute atomic E-state index is 0.0396. The molecule has 8 nitrogen and oxygen atoms in total. The van der Waals surface area contributed by atoms with Gasteiger partial charge in [-0.3, -0.25) is 0 Å². The first-order valence-corrected chi connectivity index (χ1v) is 10.0. The first kappa shape index (κ1) is 23.4. The summed E-state index contributed by atoms with van der Waals surface area (Å²) in [6, 6.07) is 3.26. The predicted octanol–water partition coefficient (Wildman–Crippen LogP) is 4.22. The van der Waals surface area contributed by atoms with Crippen molar-refractivity contribution in [2.75, 3.05) is 4.90 Å². The van der Waals surface area contributed by atoms with E-state index in [0.717, 1.165) is 10.2 Å². The monoisotopic (exact) mass is 484 g/mol. The number of fused-ring (bicyclic) bond motifs is 1. The Bertz CT molecular complexity index is 1270. The molecule has 3 heterocycles. The number of rotatable bonds is 6. The summed E-state index contributed by atoms with van der Waals surface area (Å²) in [5, 5.41) is 16.6. The third-order valence-corrected chi connectivity index (χ3v) is 5.01. The van der Waals surface area contributed by atoms with Crippen LogP contribution in [0, 0.1) is 0 Å². The highest BCUT2D eigenvalue weighted by molar-refractivity contribution is 5.75. The summed E-state index contributed by atoms with van der Waals surface area (Å²) in [7, 11) is 1.49. The summed E-state index contributed by atoms with van der Waals surface area (Å²) in [5.74, 6) is 0.0396. The molecule has 0 atom stereocenters. The molecule has 34 heavy (non-hydrogen) atoms. The summed E-state index contributed by atoms with van der Waals surface area (Å²) in [6.45, 7) is 2.25. The van der Waals surface area contributed by atoms with Crippen molar-refractivity contribution in [3.8, 4) is 0 Å². The van der Waals surface area contributed by atoms with Crippen LogP contribution in [0.25, 0.3) is 11.0 Å². The van der Waals surface area contributed by atoms with E-state index in [9.17, 15) is 26.3 Å². The number of tetrazole rings is 1. The van der Waals surface area contributed by atoms with E-state index in [0.29, 0.717) is 29.9 Å². The molecule has 14 heteroatoms. The third kappa shape index (κ3) is 4.94. The van der Waals surface area contributed by atoms with Crippen molar-refractivity contribution in [1.82, 2.24) is 35.0 Å². The van der Waals surface area contributed by atoms with Gasteiger partial charge in [0.1, 0.15) is 0 Å². The van der Waals surface area contributed by atoms with Crippen molar-refractivity contribution < 1.29 is 26.3 Å². The Morgan fingerprint density at radius 2 is 1.53 bits per heavy atom. The van der Waals surface area contributed by atoms with Crippen LogP contribution < -0.4 is 4.90 Å². The van der Waals surface area contributed by atoms with Gasteiger partial charge < -0.3 is 4.90 Å². The van der Waals surface area contributed by atoms with Crippen molar-refractivity contribution >= 4 is 17.0 Å². The van der Waals surface area contributed by atoms with E-state index in [2.05, 4.69) is 25.5 Å². The molecule has 0 aliphatic heterocycles.